The van der Waals surface area contributed by atoms with Crippen LogP contribution in [0.15, 0.2) is 23.4 Å². The first-order chi connectivity index (χ1) is 9.57. The van der Waals surface area contributed by atoms with Crippen LogP contribution in [0.1, 0.15) is 32.6 Å². The fraction of sp³-hybridized carbons (Fsp3) is 0.571. The van der Waals surface area contributed by atoms with Crippen molar-refractivity contribution in [2.75, 3.05) is 6.54 Å². The highest BCUT2D eigenvalue weighted by Gasteiger charge is 2.42. The summed E-state index contributed by atoms with van der Waals surface area (Å²) >= 11 is 7.71. The van der Waals surface area contributed by atoms with Crippen LogP contribution in [0.3, 0.4) is 0 Å². The van der Waals surface area contributed by atoms with Crippen molar-refractivity contribution in [2.45, 2.75) is 48.4 Å². The molecule has 1 fully saturated rings. The highest BCUT2D eigenvalue weighted by Crippen LogP contribution is 2.39. The van der Waals surface area contributed by atoms with Crippen molar-refractivity contribution in [3.63, 3.8) is 0 Å². The summed E-state index contributed by atoms with van der Waals surface area (Å²) in [5.41, 5.74) is -0.800. The maximum atomic E-state index is 11.6. The summed E-state index contributed by atoms with van der Waals surface area (Å²) in [5, 5.41) is 14.4. The maximum absolute atomic E-state index is 11.6. The summed E-state index contributed by atoms with van der Waals surface area (Å²) in [5.74, 6) is -0.753. The SMILES string of the molecule is CCNC1(C(=O)O)CCCC(Sc2ncccc2Cl)C1. The molecule has 0 amide bonds. The van der Waals surface area contributed by atoms with Gasteiger partial charge in [0, 0.05) is 11.4 Å². The number of hydrogen-bond acceptors (Lipinski definition) is 4. The minimum Gasteiger partial charge on any atom is -0.480 e. The molecular formula is C14H19ClN2O2S. The van der Waals surface area contributed by atoms with E-state index in [0.717, 1.165) is 17.9 Å². The summed E-state index contributed by atoms with van der Waals surface area (Å²) < 4.78 is 0. The molecule has 0 saturated heterocycles. The maximum Gasteiger partial charge on any atom is 0.323 e. The smallest absolute Gasteiger partial charge is 0.323 e. The van der Waals surface area contributed by atoms with Crippen LogP contribution in [0.25, 0.3) is 0 Å². The molecule has 2 atom stereocenters. The van der Waals surface area contributed by atoms with E-state index in [2.05, 4.69) is 10.3 Å². The molecule has 1 aromatic heterocycles. The van der Waals surface area contributed by atoms with E-state index < -0.39 is 11.5 Å². The molecule has 1 heterocycles. The van der Waals surface area contributed by atoms with Gasteiger partial charge in [-0.1, -0.05) is 18.5 Å². The Balaban J connectivity index is 2.10. The van der Waals surface area contributed by atoms with Crippen molar-refractivity contribution < 1.29 is 9.90 Å². The number of aliphatic carboxylic acids is 1. The Kier molecular flexibility index (Phi) is 5.29. The molecule has 0 aromatic carbocycles. The quantitative estimate of drug-likeness (QED) is 0.874. The Hall–Kier alpha value is -0.780. The lowest BCUT2D eigenvalue weighted by atomic mass is 9.81. The number of carboxylic acid groups (broad SMARTS) is 1. The minimum absolute atomic E-state index is 0.228. The largest absolute Gasteiger partial charge is 0.480 e. The zero-order valence-corrected chi connectivity index (χ0v) is 13.0. The van der Waals surface area contributed by atoms with Crippen LogP contribution >= 0.6 is 23.4 Å². The third kappa shape index (κ3) is 3.45. The van der Waals surface area contributed by atoms with Gasteiger partial charge in [-0.2, -0.15) is 0 Å². The van der Waals surface area contributed by atoms with Crippen LogP contribution in [0.4, 0.5) is 0 Å². The second kappa shape index (κ2) is 6.78. The molecule has 1 saturated carbocycles. The summed E-state index contributed by atoms with van der Waals surface area (Å²) in [7, 11) is 0. The lowest BCUT2D eigenvalue weighted by Gasteiger charge is -2.37. The number of aromatic nitrogens is 1. The summed E-state index contributed by atoms with van der Waals surface area (Å²) in [4.78, 5) is 15.9. The normalized spacial score (nSPS) is 26.4. The Morgan fingerprint density at radius 2 is 2.50 bits per heavy atom. The lowest BCUT2D eigenvalue weighted by Crippen LogP contribution is -2.55. The van der Waals surface area contributed by atoms with Crippen molar-refractivity contribution in [1.82, 2.24) is 10.3 Å². The average molecular weight is 315 g/mol. The average Bonchev–Trinajstić information content (AvgIpc) is 2.42. The van der Waals surface area contributed by atoms with Gasteiger partial charge in [-0.3, -0.25) is 4.79 Å². The number of halogens is 1. The van der Waals surface area contributed by atoms with Crippen LogP contribution in [0.5, 0.6) is 0 Å². The van der Waals surface area contributed by atoms with E-state index in [-0.39, 0.29) is 5.25 Å². The highest BCUT2D eigenvalue weighted by molar-refractivity contribution is 8.00. The number of pyridine rings is 1. The van der Waals surface area contributed by atoms with Crippen molar-refractivity contribution in [3.05, 3.63) is 23.4 Å². The number of carboxylic acids is 1. The first-order valence-corrected chi connectivity index (χ1v) is 8.09. The molecule has 0 spiro atoms. The first kappa shape index (κ1) is 15.6. The zero-order chi connectivity index (χ0) is 14.6. The third-order valence-corrected chi connectivity index (χ3v) is 5.33. The van der Waals surface area contributed by atoms with E-state index in [1.807, 2.05) is 13.0 Å². The molecule has 110 valence electrons. The third-order valence-electron chi connectivity index (χ3n) is 3.63. The summed E-state index contributed by atoms with van der Waals surface area (Å²) in [6.07, 6.45) is 4.90. The number of nitrogens with one attached hydrogen (secondary N) is 1. The standard InChI is InChI=1S/C14H19ClN2O2S/c1-2-17-14(13(18)19)7-3-5-10(9-14)20-12-11(15)6-4-8-16-12/h4,6,8,10,17H,2-3,5,7,9H2,1H3,(H,18,19). The first-order valence-electron chi connectivity index (χ1n) is 6.83. The number of carbonyl (C=O) groups is 1. The highest BCUT2D eigenvalue weighted by atomic mass is 35.5. The van der Waals surface area contributed by atoms with Crippen LogP contribution in [0, 0.1) is 0 Å². The van der Waals surface area contributed by atoms with Crippen molar-refractivity contribution in [1.29, 1.82) is 0 Å². The van der Waals surface area contributed by atoms with Crippen LogP contribution in [0.2, 0.25) is 5.02 Å². The van der Waals surface area contributed by atoms with E-state index in [9.17, 15) is 9.90 Å². The van der Waals surface area contributed by atoms with Gasteiger partial charge in [0.05, 0.1) is 5.02 Å². The molecule has 0 bridgehead atoms. The van der Waals surface area contributed by atoms with E-state index in [4.69, 9.17) is 11.6 Å². The van der Waals surface area contributed by atoms with Gasteiger partial charge in [-0.25, -0.2) is 4.98 Å². The van der Waals surface area contributed by atoms with E-state index in [1.165, 1.54) is 0 Å². The Labute approximate surface area is 128 Å². The molecule has 2 rings (SSSR count). The Bertz CT molecular complexity index is 482. The number of rotatable bonds is 5. The van der Waals surface area contributed by atoms with Gasteiger partial charge in [0.25, 0.3) is 0 Å². The number of hydrogen-bond donors (Lipinski definition) is 2. The van der Waals surface area contributed by atoms with E-state index in [0.29, 0.717) is 24.4 Å². The fourth-order valence-electron chi connectivity index (χ4n) is 2.71. The van der Waals surface area contributed by atoms with Crippen molar-refractivity contribution in [3.8, 4) is 0 Å². The molecule has 4 nitrogen and oxygen atoms in total. The predicted octanol–water partition coefficient (Wildman–Crippen LogP) is 3.20. The Morgan fingerprint density at radius 3 is 3.15 bits per heavy atom. The molecule has 0 aliphatic heterocycles. The number of nitrogens with zero attached hydrogens (tertiary/aromatic N) is 1. The van der Waals surface area contributed by atoms with E-state index in [1.54, 1.807) is 24.0 Å². The van der Waals surface area contributed by atoms with Gasteiger partial charge < -0.3 is 10.4 Å². The van der Waals surface area contributed by atoms with Gasteiger partial charge in [-0.05, 0) is 44.4 Å². The second-order valence-electron chi connectivity index (χ2n) is 5.04. The monoisotopic (exact) mass is 314 g/mol. The van der Waals surface area contributed by atoms with Crippen molar-refractivity contribution in [2.24, 2.45) is 0 Å². The van der Waals surface area contributed by atoms with E-state index >= 15 is 0 Å². The lowest BCUT2D eigenvalue weighted by molar-refractivity contribution is -0.146. The van der Waals surface area contributed by atoms with Gasteiger partial charge in [0.15, 0.2) is 0 Å². The number of thioether (sulfide) groups is 1. The number of likely N-dealkylation sites (N-methyl/N-ethyl adjacent to an activating group) is 1. The van der Waals surface area contributed by atoms with Gasteiger partial charge in [-0.15, -0.1) is 11.8 Å². The minimum atomic E-state index is -0.800. The summed E-state index contributed by atoms with van der Waals surface area (Å²) in [6, 6.07) is 3.61. The molecule has 1 aromatic rings. The van der Waals surface area contributed by atoms with Gasteiger partial charge in [0.1, 0.15) is 10.6 Å². The van der Waals surface area contributed by atoms with Crippen LogP contribution in [-0.4, -0.2) is 33.4 Å². The molecule has 0 radical (unpaired) electrons. The molecule has 2 unspecified atom stereocenters. The topological polar surface area (TPSA) is 62.2 Å². The van der Waals surface area contributed by atoms with Gasteiger partial charge in [0.2, 0.25) is 0 Å². The fourth-order valence-corrected chi connectivity index (χ4v) is 4.24. The molecule has 6 heteroatoms. The summed E-state index contributed by atoms with van der Waals surface area (Å²) in [6.45, 7) is 2.60. The molecule has 20 heavy (non-hydrogen) atoms. The second-order valence-corrected chi connectivity index (χ2v) is 6.74. The van der Waals surface area contributed by atoms with Crippen molar-refractivity contribution >= 4 is 29.3 Å². The Morgan fingerprint density at radius 1 is 1.70 bits per heavy atom. The van der Waals surface area contributed by atoms with Gasteiger partial charge >= 0.3 is 5.97 Å². The molecular weight excluding hydrogens is 296 g/mol. The predicted molar refractivity (Wildman–Crippen MR) is 81.4 cm³/mol. The molecule has 1 aliphatic rings. The molecule has 2 N–H and O–H groups in total. The van der Waals surface area contributed by atoms with Crippen LogP contribution in [-0.2, 0) is 4.79 Å². The molecule has 1 aliphatic carbocycles. The van der Waals surface area contributed by atoms with Crippen LogP contribution < -0.4 is 5.32 Å². The zero-order valence-electron chi connectivity index (χ0n) is 11.4.